The summed E-state index contributed by atoms with van der Waals surface area (Å²) in [4.78, 5) is 28.3. The van der Waals surface area contributed by atoms with Crippen LogP contribution in [0, 0.1) is 22.7 Å². The Kier molecular flexibility index (Phi) is 12.4. The van der Waals surface area contributed by atoms with Crippen LogP contribution in [0.5, 0.6) is 0 Å². The highest BCUT2D eigenvalue weighted by molar-refractivity contribution is 6.77. The standard InChI is InChI=1S/C41H60O6Si/c1-27(2)48(28(3)4,29(5)6)47-35-24-33(40(8,9)38(44)30(35)7)37(43)36-34(42)22-17-23-41(36,10)39(45-25-31-18-13-11-14-19-31)46-26-32-20-15-12-16-21-32/h11-16,18-21,27-29,33,36-37,39,43H,17,22-26H2,1-10H3/t33-,36-,37-,41+/m1/s1. The van der Waals surface area contributed by atoms with Gasteiger partial charge in [0.25, 0.3) is 8.32 Å². The Labute approximate surface area is 290 Å². The number of rotatable bonds is 14. The minimum atomic E-state index is -2.38. The molecule has 4 atom stereocenters. The second kappa shape index (κ2) is 15.5. The third kappa shape index (κ3) is 7.59. The number of carbonyl (C=O) groups is 2. The molecule has 0 spiro atoms. The summed E-state index contributed by atoms with van der Waals surface area (Å²) in [5.74, 6) is -0.610. The molecule has 4 rings (SSSR count). The topological polar surface area (TPSA) is 82.1 Å². The Morgan fingerprint density at radius 2 is 1.29 bits per heavy atom. The summed E-state index contributed by atoms with van der Waals surface area (Å²) >= 11 is 0. The van der Waals surface area contributed by atoms with Crippen LogP contribution in [0.3, 0.4) is 0 Å². The van der Waals surface area contributed by atoms with Gasteiger partial charge in [-0.15, -0.1) is 0 Å². The number of carbonyl (C=O) groups excluding carboxylic acids is 2. The first-order valence-electron chi connectivity index (χ1n) is 18.0. The van der Waals surface area contributed by atoms with Crippen LogP contribution in [0.25, 0.3) is 0 Å². The lowest BCUT2D eigenvalue weighted by atomic mass is 9.57. The monoisotopic (exact) mass is 676 g/mol. The molecule has 0 bridgehead atoms. The van der Waals surface area contributed by atoms with E-state index in [1.54, 1.807) is 0 Å². The summed E-state index contributed by atoms with van der Waals surface area (Å²) in [6, 6.07) is 19.9. The Balaban J connectivity index is 1.72. The van der Waals surface area contributed by atoms with Crippen molar-refractivity contribution in [3.8, 4) is 0 Å². The predicted octanol–water partition coefficient (Wildman–Crippen LogP) is 9.56. The zero-order valence-electron chi connectivity index (χ0n) is 31.0. The van der Waals surface area contributed by atoms with Gasteiger partial charge in [0.15, 0.2) is 12.1 Å². The SMILES string of the molecule is CC1=C(O[Si](C(C)C)(C(C)C)C(C)C)C[C@H]([C@@H](O)[C@H]2C(=O)CCC[C@]2(C)C(OCc2ccccc2)OCc2ccccc2)C(C)(C)C1=O. The molecule has 0 aromatic heterocycles. The molecule has 0 amide bonds. The fraction of sp³-hybridized carbons (Fsp3) is 0.610. The zero-order valence-corrected chi connectivity index (χ0v) is 32.0. The Morgan fingerprint density at radius 3 is 1.75 bits per heavy atom. The lowest BCUT2D eigenvalue weighted by molar-refractivity contribution is -0.246. The molecular formula is C41H60O6Si. The average molecular weight is 677 g/mol. The molecular weight excluding hydrogens is 617 g/mol. The first-order chi connectivity index (χ1) is 22.6. The van der Waals surface area contributed by atoms with Crippen LogP contribution in [-0.2, 0) is 36.7 Å². The molecule has 1 N–H and O–H groups in total. The van der Waals surface area contributed by atoms with Gasteiger partial charge in [0, 0.05) is 35.2 Å². The number of allylic oxidation sites excluding steroid dienone is 2. The summed E-state index contributed by atoms with van der Waals surface area (Å²) in [7, 11) is -2.38. The van der Waals surface area contributed by atoms with Gasteiger partial charge in [0.1, 0.15) is 5.78 Å². The van der Waals surface area contributed by atoms with Crippen molar-refractivity contribution in [3.05, 3.63) is 83.1 Å². The molecule has 0 aliphatic heterocycles. The quantitative estimate of drug-likeness (QED) is 0.159. The number of aliphatic hydroxyl groups excluding tert-OH is 1. The number of aliphatic hydroxyl groups is 1. The van der Waals surface area contributed by atoms with Crippen LogP contribution in [-0.4, -0.2) is 37.4 Å². The van der Waals surface area contributed by atoms with E-state index in [1.807, 2.05) is 88.4 Å². The van der Waals surface area contributed by atoms with E-state index in [1.165, 1.54) is 0 Å². The van der Waals surface area contributed by atoms with Crippen molar-refractivity contribution >= 4 is 19.9 Å². The van der Waals surface area contributed by atoms with Crippen molar-refractivity contribution in [2.45, 2.75) is 137 Å². The number of hydrogen-bond donors (Lipinski definition) is 1. The van der Waals surface area contributed by atoms with Gasteiger partial charge in [-0.2, -0.15) is 0 Å². The summed E-state index contributed by atoms with van der Waals surface area (Å²) in [6.45, 7) is 21.8. The molecule has 0 unspecified atom stereocenters. The summed E-state index contributed by atoms with van der Waals surface area (Å²) < 4.78 is 20.3. The van der Waals surface area contributed by atoms with Gasteiger partial charge in [-0.25, -0.2) is 0 Å². The predicted molar refractivity (Wildman–Crippen MR) is 194 cm³/mol. The average Bonchev–Trinajstić information content (AvgIpc) is 3.03. The molecule has 2 aliphatic carbocycles. The molecule has 0 radical (unpaired) electrons. The maximum atomic E-state index is 14.2. The second-order valence-electron chi connectivity index (χ2n) is 16.0. The van der Waals surface area contributed by atoms with Crippen LogP contribution < -0.4 is 0 Å². The lowest BCUT2D eigenvalue weighted by Crippen LogP contribution is -2.57. The molecule has 48 heavy (non-hydrogen) atoms. The number of hydrogen-bond acceptors (Lipinski definition) is 6. The normalized spacial score (nSPS) is 24.2. The Bertz CT molecular complexity index is 1350. The fourth-order valence-corrected chi connectivity index (χ4v) is 14.3. The molecule has 2 aromatic carbocycles. The van der Waals surface area contributed by atoms with E-state index in [0.717, 1.165) is 11.1 Å². The molecule has 0 saturated heterocycles. The smallest absolute Gasteiger partial charge is 0.258 e. The third-order valence-electron chi connectivity index (χ3n) is 11.7. The first-order valence-corrected chi connectivity index (χ1v) is 20.2. The minimum absolute atomic E-state index is 0.000118. The molecule has 264 valence electrons. The van der Waals surface area contributed by atoms with Gasteiger partial charge in [-0.3, -0.25) is 9.59 Å². The van der Waals surface area contributed by atoms with Crippen LogP contribution >= 0.6 is 0 Å². The molecule has 1 saturated carbocycles. The molecule has 6 nitrogen and oxygen atoms in total. The van der Waals surface area contributed by atoms with E-state index in [2.05, 4.69) is 41.5 Å². The van der Waals surface area contributed by atoms with Crippen molar-refractivity contribution < 1.29 is 28.6 Å². The first kappa shape index (κ1) is 38.2. The molecule has 1 fully saturated rings. The van der Waals surface area contributed by atoms with Crippen molar-refractivity contribution in [2.24, 2.45) is 22.7 Å². The maximum Gasteiger partial charge on any atom is 0.258 e. The number of benzene rings is 2. The summed E-state index contributed by atoms with van der Waals surface area (Å²) in [6.07, 6.45) is 0.268. The van der Waals surface area contributed by atoms with Gasteiger partial charge >= 0.3 is 0 Å². The second-order valence-corrected chi connectivity index (χ2v) is 21.4. The van der Waals surface area contributed by atoms with E-state index in [-0.39, 0.29) is 11.6 Å². The van der Waals surface area contributed by atoms with Crippen molar-refractivity contribution in [2.75, 3.05) is 0 Å². The van der Waals surface area contributed by atoms with Gasteiger partial charge in [-0.05, 0) is 47.5 Å². The molecule has 0 heterocycles. The lowest BCUT2D eigenvalue weighted by Gasteiger charge is -2.51. The maximum absolute atomic E-state index is 14.2. The number of Topliss-reactive ketones (excluding diaryl/α,β-unsaturated/α-hetero) is 2. The van der Waals surface area contributed by atoms with E-state index >= 15 is 0 Å². The number of ketones is 2. The summed E-state index contributed by atoms with van der Waals surface area (Å²) in [5, 5.41) is 12.6. The van der Waals surface area contributed by atoms with Crippen molar-refractivity contribution in [1.29, 1.82) is 0 Å². The highest BCUT2D eigenvalue weighted by Crippen LogP contribution is 2.53. The molecule has 7 heteroatoms. The van der Waals surface area contributed by atoms with Gasteiger partial charge in [0.2, 0.25) is 0 Å². The minimum Gasteiger partial charge on any atom is -0.545 e. The van der Waals surface area contributed by atoms with Crippen molar-refractivity contribution in [3.63, 3.8) is 0 Å². The zero-order chi connectivity index (χ0) is 35.4. The van der Waals surface area contributed by atoms with Gasteiger partial charge < -0.3 is 19.0 Å². The number of ether oxygens (including phenoxy) is 2. The highest BCUT2D eigenvalue weighted by atomic mass is 28.4. The summed E-state index contributed by atoms with van der Waals surface area (Å²) in [5.41, 5.74) is 1.93. The van der Waals surface area contributed by atoms with E-state index in [0.29, 0.717) is 66.9 Å². The van der Waals surface area contributed by atoms with Crippen LogP contribution in [0.15, 0.2) is 72.0 Å². The molecule has 2 aliphatic rings. The van der Waals surface area contributed by atoms with Crippen LogP contribution in [0.4, 0.5) is 0 Å². The van der Waals surface area contributed by atoms with Crippen molar-refractivity contribution in [1.82, 2.24) is 0 Å². The van der Waals surface area contributed by atoms with Crippen LogP contribution in [0.2, 0.25) is 16.6 Å². The van der Waals surface area contributed by atoms with E-state index in [9.17, 15) is 14.7 Å². The highest BCUT2D eigenvalue weighted by Gasteiger charge is 2.58. The van der Waals surface area contributed by atoms with E-state index in [4.69, 9.17) is 13.9 Å². The third-order valence-corrected chi connectivity index (χ3v) is 17.7. The van der Waals surface area contributed by atoms with E-state index < -0.39 is 43.4 Å². The largest absolute Gasteiger partial charge is 0.545 e. The van der Waals surface area contributed by atoms with Gasteiger partial charge in [-0.1, -0.05) is 123 Å². The van der Waals surface area contributed by atoms with Gasteiger partial charge in [0.05, 0.1) is 31.0 Å². The fourth-order valence-electron chi connectivity index (χ4n) is 8.94. The molecule has 2 aromatic rings. The van der Waals surface area contributed by atoms with Crippen LogP contribution in [0.1, 0.15) is 106 Å². The Morgan fingerprint density at radius 1 is 0.812 bits per heavy atom. The Hall–Kier alpha value is -2.58.